The molecular formula is C7H10Os. The van der Waals surface area contributed by atoms with Crippen LogP contribution in [0.3, 0.4) is 0 Å². The standard InChI is InChI=1S/C7H10.Os/c1-2-7-5-3-4-6-7;/h3-5H,2,6H2,1H3;. The van der Waals surface area contributed by atoms with E-state index in [2.05, 4.69) is 25.2 Å². The Hall–Kier alpha value is 0.116. The van der Waals surface area contributed by atoms with E-state index in [-0.39, 0.29) is 19.8 Å². The molecule has 0 radical (unpaired) electrons. The van der Waals surface area contributed by atoms with Gasteiger partial charge in [-0.15, -0.1) is 0 Å². The molecule has 0 heterocycles. The molecule has 0 nitrogen and oxygen atoms in total. The molecule has 0 aromatic rings. The molecule has 1 heteroatoms. The zero-order valence-corrected chi connectivity index (χ0v) is 7.54. The number of hydrogen-bond donors (Lipinski definition) is 0. The summed E-state index contributed by atoms with van der Waals surface area (Å²) in [6.45, 7) is 2.19. The largest absolute Gasteiger partial charge is 0.0805 e. The van der Waals surface area contributed by atoms with Crippen molar-refractivity contribution in [3.8, 4) is 0 Å². The van der Waals surface area contributed by atoms with Crippen molar-refractivity contribution < 1.29 is 19.8 Å². The van der Waals surface area contributed by atoms with Crippen molar-refractivity contribution >= 4 is 0 Å². The molecule has 0 amide bonds. The zero-order valence-electron chi connectivity index (χ0n) is 5.00. The Labute approximate surface area is 63.7 Å². The average Bonchev–Trinajstić information content (AvgIpc) is 2.14. The normalized spacial score (nSPS) is 15.4. The Balaban J connectivity index is 0.000000490. The monoisotopic (exact) mass is 286 g/mol. The minimum atomic E-state index is 0. The van der Waals surface area contributed by atoms with Crippen molar-refractivity contribution in [3.05, 3.63) is 23.8 Å². The van der Waals surface area contributed by atoms with Crippen LogP contribution in [0.25, 0.3) is 0 Å². The molecule has 0 bridgehead atoms. The Morgan fingerprint density at radius 1 is 1.62 bits per heavy atom. The average molecular weight is 284 g/mol. The second kappa shape index (κ2) is 4.04. The van der Waals surface area contributed by atoms with Crippen LogP contribution in [0.2, 0.25) is 0 Å². The van der Waals surface area contributed by atoms with E-state index in [1.54, 1.807) is 5.57 Å². The van der Waals surface area contributed by atoms with Crippen molar-refractivity contribution in [1.29, 1.82) is 0 Å². The van der Waals surface area contributed by atoms with Gasteiger partial charge >= 0.3 is 0 Å². The summed E-state index contributed by atoms with van der Waals surface area (Å²) in [6, 6.07) is 0. The topological polar surface area (TPSA) is 0 Å². The Kier molecular flexibility index (Phi) is 4.10. The third-order valence-electron chi connectivity index (χ3n) is 1.30. The molecule has 0 aliphatic heterocycles. The first kappa shape index (κ1) is 8.12. The van der Waals surface area contributed by atoms with Crippen molar-refractivity contribution in [2.24, 2.45) is 0 Å². The summed E-state index contributed by atoms with van der Waals surface area (Å²) in [4.78, 5) is 0. The van der Waals surface area contributed by atoms with Crippen LogP contribution in [0.15, 0.2) is 23.8 Å². The van der Waals surface area contributed by atoms with E-state index >= 15 is 0 Å². The first-order valence-electron chi connectivity index (χ1n) is 2.78. The molecule has 0 atom stereocenters. The zero-order chi connectivity index (χ0) is 5.11. The van der Waals surface area contributed by atoms with Gasteiger partial charge < -0.3 is 0 Å². The van der Waals surface area contributed by atoms with Gasteiger partial charge in [-0.1, -0.05) is 30.7 Å². The van der Waals surface area contributed by atoms with E-state index in [0.29, 0.717) is 0 Å². The van der Waals surface area contributed by atoms with E-state index in [0.717, 1.165) is 0 Å². The maximum atomic E-state index is 2.19. The molecule has 0 aromatic heterocycles. The second-order valence-corrected chi connectivity index (χ2v) is 1.81. The summed E-state index contributed by atoms with van der Waals surface area (Å²) < 4.78 is 0. The number of allylic oxidation sites excluding steroid dienone is 4. The predicted molar refractivity (Wildman–Crippen MR) is 32.1 cm³/mol. The minimum Gasteiger partial charge on any atom is -0.0805 e. The van der Waals surface area contributed by atoms with E-state index in [9.17, 15) is 0 Å². The molecule has 1 rings (SSSR count). The summed E-state index contributed by atoms with van der Waals surface area (Å²) in [5.41, 5.74) is 1.56. The van der Waals surface area contributed by atoms with E-state index in [4.69, 9.17) is 0 Å². The van der Waals surface area contributed by atoms with Gasteiger partial charge in [-0.05, 0) is 12.8 Å². The molecule has 46 valence electrons. The smallest absolute Gasteiger partial charge is 0 e. The van der Waals surface area contributed by atoms with Crippen LogP contribution in [-0.4, -0.2) is 0 Å². The van der Waals surface area contributed by atoms with Gasteiger partial charge in [0.1, 0.15) is 0 Å². The molecular weight excluding hydrogens is 274 g/mol. The van der Waals surface area contributed by atoms with Gasteiger partial charge in [-0.25, -0.2) is 0 Å². The van der Waals surface area contributed by atoms with Crippen LogP contribution in [-0.2, 0) is 19.8 Å². The van der Waals surface area contributed by atoms with Crippen LogP contribution in [0.5, 0.6) is 0 Å². The molecule has 0 aromatic carbocycles. The summed E-state index contributed by atoms with van der Waals surface area (Å²) >= 11 is 0. The molecule has 0 saturated carbocycles. The SMILES string of the molecule is CCC1=CC=CC1.[Os]. The number of rotatable bonds is 1. The van der Waals surface area contributed by atoms with E-state index < -0.39 is 0 Å². The van der Waals surface area contributed by atoms with Crippen molar-refractivity contribution in [1.82, 2.24) is 0 Å². The molecule has 0 fully saturated rings. The third kappa shape index (κ3) is 1.93. The van der Waals surface area contributed by atoms with Crippen LogP contribution >= 0.6 is 0 Å². The maximum Gasteiger partial charge on any atom is 0 e. The summed E-state index contributed by atoms with van der Waals surface area (Å²) in [5, 5.41) is 0. The second-order valence-electron chi connectivity index (χ2n) is 1.81. The van der Waals surface area contributed by atoms with Crippen molar-refractivity contribution in [2.75, 3.05) is 0 Å². The van der Waals surface area contributed by atoms with Gasteiger partial charge in [-0.3, -0.25) is 0 Å². The van der Waals surface area contributed by atoms with Crippen molar-refractivity contribution in [2.45, 2.75) is 19.8 Å². The molecule has 0 spiro atoms. The van der Waals surface area contributed by atoms with Gasteiger partial charge in [0.05, 0.1) is 0 Å². The molecule has 1 aliphatic carbocycles. The first-order valence-corrected chi connectivity index (χ1v) is 2.78. The Morgan fingerprint density at radius 3 is 2.62 bits per heavy atom. The fraction of sp³-hybridized carbons (Fsp3) is 0.429. The first-order chi connectivity index (χ1) is 3.43. The van der Waals surface area contributed by atoms with Gasteiger partial charge in [0.2, 0.25) is 0 Å². The van der Waals surface area contributed by atoms with Crippen LogP contribution in [0.1, 0.15) is 19.8 Å². The van der Waals surface area contributed by atoms with Gasteiger partial charge in [0, 0.05) is 19.8 Å². The van der Waals surface area contributed by atoms with E-state index in [1.165, 1.54) is 12.8 Å². The maximum absolute atomic E-state index is 2.19. The Bertz CT molecular complexity index is 112. The molecule has 0 saturated heterocycles. The quantitative estimate of drug-likeness (QED) is 0.693. The van der Waals surface area contributed by atoms with E-state index in [1.807, 2.05) is 0 Å². The Morgan fingerprint density at radius 2 is 2.38 bits per heavy atom. The summed E-state index contributed by atoms with van der Waals surface area (Å²) in [5.74, 6) is 0. The van der Waals surface area contributed by atoms with Crippen LogP contribution in [0, 0.1) is 0 Å². The predicted octanol–water partition coefficient (Wildman–Crippen LogP) is 2.28. The molecule has 0 N–H and O–H groups in total. The van der Waals surface area contributed by atoms with Gasteiger partial charge in [-0.2, -0.15) is 0 Å². The van der Waals surface area contributed by atoms with Crippen molar-refractivity contribution in [3.63, 3.8) is 0 Å². The number of hydrogen-bond acceptors (Lipinski definition) is 0. The fourth-order valence-electron chi connectivity index (χ4n) is 0.754. The fourth-order valence-corrected chi connectivity index (χ4v) is 0.754. The summed E-state index contributed by atoms with van der Waals surface area (Å²) in [7, 11) is 0. The van der Waals surface area contributed by atoms with Gasteiger partial charge in [0.15, 0.2) is 0 Å². The summed E-state index contributed by atoms with van der Waals surface area (Å²) in [6.07, 6.45) is 8.92. The minimum absolute atomic E-state index is 0. The molecule has 0 unspecified atom stereocenters. The molecule has 1 aliphatic rings. The molecule has 8 heavy (non-hydrogen) atoms. The van der Waals surface area contributed by atoms with Gasteiger partial charge in [0.25, 0.3) is 0 Å². The van der Waals surface area contributed by atoms with Crippen LogP contribution in [0.4, 0.5) is 0 Å². The van der Waals surface area contributed by atoms with Crippen LogP contribution < -0.4 is 0 Å². The third-order valence-corrected chi connectivity index (χ3v) is 1.30.